The van der Waals surface area contributed by atoms with Gasteiger partial charge in [0.15, 0.2) is 15.9 Å². The second-order valence-electron chi connectivity index (χ2n) is 8.17. The molecule has 3 N–H and O–H groups in total. The average Bonchev–Trinajstić information content (AvgIpc) is 3.55. The van der Waals surface area contributed by atoms with Crippen molar-refractivity contribution in [3.63, 3.8) is 0 Å². The summed E-state index contributed by atoms with van der Waals surface area (Å²) in [6, 6.07) is 6.87. The van der Waals surface area contributed by atoms with Crippen molar-refractivity contribution in [2.24, 2.45) is 0 Å². The number of hydrazine groups is 1. The molecule has 0 saturated heterocycles. The number of aryl methyl sites for hydroxylation is 2. The van der Waals surface area contributed by atoms with E-state index in [9.17, 15) is 9.90 Å². The summed E-state index contributed by atoms with van der Waals surface area (Å²) in [4.78, 5) is 26.3. The Bertz CT molecular complexity index is 1420. The smallest absolute Gasteiger partial charge is 0.286 e. The number of unbranched alkanes of at least 4 members (excludes halogenated alkanes) is 2. The van der Waals surface area contributed by atoms with Crippen molar-refractivity contribution in [2.75, 3.05) is 5.01 Å². The van der Waals surface area contributed by atoms with E-state index in [-0.39, 0.29) is 11.3 Å². The largest absolute Gasteiger partial charge is 0.508 e. The maximum atomic E-state index is 13.2. The molecule has 4 aromatic rings. The fourth-order valence-corrected chi connectivity index (χ4v) is 4.44. The van der Waals surface area contributed by atoms with Crippen molar-refractivity contribution >= 4 is 38.6 Å². The van der Waals surface area contributed by atoms with E-state index >= 15 is 0 Å². The van der Waals surface area contributed by atoms with E-state index in [0.717, 1.165) is 30.7 Å². The van der Waals surface area contributed by atoms with Crippen molar-refractivity contribution in [1.82, 2.24) is 34.7 Å². The first-order chi connectivity index (χ1) is 16.5. The van der Waals surface area contributed by atoms with Gasteiger partial charge in [0.2, 0.25) is 5.78 Å². The minimum Gasteiger partial charge on any atom is -0.508 e. The molecule has 4 heterocycles. The van der Waals surface area contributed by atoms with Crippen LogP contribution in [0.2, 0.25) is 0 Å². The Labute approximate surface area is 203 Å². The van der Waals surface area contributed by atoms with Gasteiger partial charge >= 0.3 is 0 Å². The Balaban J connectivity index is 1.35. The topological polar surface area (TPSA) is 126 Å². The van der Waals surface area contributed by atoms with E-state index in [2.05, 4.69) is 48.6 Å². The van der Waals surface area contributed by atoms with Crippen LogP contribution in [0.4, 0.5) is 5.69 Å². The van der Waals surface area contributed by atoms with Gasteiger partial charge < -0.3 is 14.9 Å². The number of H-pyrrole nitrogens is 1. The molecule has 0 radical (unpaired) electrons. The van der Waals surface area contributed by atoms with E-state index in [4.69, 9.17) is 4.84 Å². The lowest BCUT2D eigenvalue weighted by Crippen LogP contribution is -2.26. The zero-order chi connectivity index (χ0) is 23.7. The molecule has 11 nitrogen and oxygen atoms in total. The van der Waals surface area contributed by atoms with Crippen LogP contribution in [0.5, 0.6) is 5.75 Å². The fraction of sp³-hybridized carbons (Fsp3) is 0.364. The number of rotatable bonds is 9. The van der Waals surface area contributed by atoms with Crippen LogP contribution in [0.3, 0.4) is 0 Å². The number of hydrogen-bond donors (Lipinski definition) is 3. The minimum absolute atomic E-state index is 0.179. The molecule has 34 heavy (non-hydrogen) atoms. The van der Waals surface area contributed by atoms with Crippen LogP contribution >= 0.6 is 15.9 Å². The van der Waals surface area contributed by atoms with E-state index in [1.165, 1.54) is 0 Å². The number of imidazole rings is 1. The zero-order valence-corrected chi connectivity index (χ0v) is 20.2. The predicted molar refractivity (Wildman–Crippen MR) is 130 cm³/mol. The van der Waals surface area contributed by atoms with Gasteiger partial charge in [-0.2, -0.15) is 0 Å². The Morgan fingerprint density at radius 1 is 1.18 bits per heavy atom. The van der Waals surface area contributed by atoms with Gasteiger partial charge in [-0.25, -0.2) is 14.4 Å². The summed E-state index contributed by atoms with van der Waals surface area (Å²) in [6.45, 7) is 2.86. The molecule has 1 aliphatic heterocycles. The van der Waals surface area contributed by atoms with Gasteiger partial charge in [0, 0.05) is 25.5 Å². The lowest BCUT2D eigenvalue weighted by atomic mass is 10.2. The molecule has 12 heteroatoms. The Morgan fingerprint density at radius 2 is 2.06 bits per heavy atom. The maximum absolute atomic E-state index is 13.2. The van der Waals surface area contributed by atoms with E-state index in [1.807, 2.05) is 16.8 Å². The Morgan fingerprint density at radius 3 is 2.88 bits per heavy atom. The number of aromatic hydroxyl groups is 1. The average molecular weight is 529 g/mol. The standard InChI is InChI=1S/C22H25BrN8O3/c1-2-3-4-11-29-19-18(24-21(23)25-19)20(33)31-17(26-27-22(29)31)10-6-9-16-13-30(28-34-16)14-7-5-8-15(32)12-14/h5,7-8,12-13,28,32H,2-4,6,9-11H2,1H3,(H,24,25). The van der Waals surface area contributed by atoms with Gasteiger partial charge in [-0.05, 0) is 40.9 Å². The number of aromatic amines is 1. The van der Waals surface area contributed by atoms with E-state index in [1.54, 1.807) is 27.6 Å². The number of allylic oxidation sites excluding steroid dienone is 1. The zero-order valence-electron chi connectivity index (χ0n) is 18.7. The molecule has 0 spiro atoms. The highest BCUT2D eigenvalue weighted by atomic mass is 79.9. The molecule has 0 aliphatic carbocycles. The summed E-state index contributed by atoms with van der Waals surface area (Å²) in [7, 11) is 0. The first-order valence-corrected chi connectivity index (χ1v) is 12.1. The lowest BCUT2D eigenvalue weighted by Gasteiger charge is -2.13. The highest BCUT2D eigenvalue weighted by Gasteiger charge is 2.20. The molecule has 0 fully saturated rings. The number of phenols is 1. The molecule has 0 bridgehead atoms. The number of nitrogens with zero attached hydrogens (tertiary/aromatic N) is 6. The summed E-state index contributed by atoms with van der Waals surface area (Å²) in [6.07, 6.45) is 6.88. The molecular weight excluding hydrogens is 504 g/mol. The second-order valence-corrected chi connectivity index (χ2v) is 8.93. The number of halogens is 1. The van der Waals surface area contributed by atoms with E-state index < -0.39 is 0 Å². The third kappa shape index (κ3) is 4.26. The highest BCUT2D eigenvalue weighted by Crippen LogP contribution is 2.24. The summed E-state index contributed by atoms with van der Waals surface area (Å²) in [5, 5.41) is 20.0. The SMILES string of the molecule is CCCCCn1c2nc(Br)[nH]c2c(=O)n2c(CCCC3=CN(c4cccc(O)c4)NO3)nnc12. The normalized spacial score (nSPS) is 13.7. The molecule has 1 aliphatic rings. The minimum atomic E-state index is -0.206. The molecule has 0 saturated carbocycles. The van der Waals surface area contributed by atoms with Crippen molar-refractivity contribution in [2.45, 2.75) is 52.0 Å². The van der Waals surface area contributed by atoms with Gasteiger partial charge in [-0.3, -0.25) is 9.36 Å². The Kier molecular flexibility index (Phi) is 6.24. The fourth-order valence-electron chi connectivity index (χ4n) is 4.08. The van der Waals surface area contributed by atoms with Crippen LogP contribution in [0.15, 0.2) is 45.8 Å². The predicted octanol–water partition coefficient (Wildman–Crippen LogP) is 3.55. The van der Waals surface area contributed by atoms with Crippen LogP contribution in [0.1, 0.15) is 44.9 Å². The molecule has 0 atom stereocenters. The van der Waals surface area contributed by atoms with Crippen molar-refractivity contribution in [3.05, 3.63) is 57.1 Å². The first-order valence-electron chi connectivity index (χ1n) is 11.3. The van der Waals surface area contributed by atoms with Crippen LogP contribution in [0.25, 0.3) is 16.9 Å². The molecular formula is C22H25BrN8O3. The first kappa shape index (κ1) is 22.4. The van der Waals surface area contributed by atoms with Gasteiger partial charge in [-0.15, -0.1) is 10.2 Å². The molecule has 1 aromatic carbocycles. The number of aromatic nitrogens is 6. The molecule has 178 valence electrons. The lowest BCUT2D eigenvalue weighted by molar-refractivity contribution is 0.123. The number of nitrogens with one attached hydrogen (secondary N) is 2. The summed E-state index contributed by atoms with van der Waals surface area (Å²) < 4.78 is 4.06. The Hall–Kier alpha value is -3.38. The van der Waals surface area contributed by atoms with Gasteiger partial charge in [0.25, 0.3) is 5.56 Å². The molecule has 5 rings (SSSR count). The molecule has 0 amide bonds. The quantitative estimate of drug-likeness (QED) is 0.222. The van der Waals surface area contributed by atoms with Crippen LogP contribution < -0.4 is 16.2 Å². The molecule has 0 unspecified atom stereocenters. The van der Waals surface area contributed by atoms with Crippen molar-refractivity contribution in [1.29, 1.82) is 0 Å². The van der Waals surface area contributed by atoms with Crippen LogP contribution in [-0.4, -0.2) is 34.2 Å². The summed E-state index contributed by atoms with van der Waals surface area (Å²) >= 11 is 3.35. The monoisotopic (exact) mass is 528 g/mol. The second kappa shape index (κ2) is 9.47. The van der Waals surface area contributed by atoms with Gasteiger partial charge in [0.05, 0.1) is 11.9 Å². The summed E-state index contributed by atoms with van der Waals surface area (Å²) in [5.41, 5.74) is 4.39. The molecule has 3 aromatic heterocycles. The third-order valence-electron chi connectivity index (χ3n) is 5.75. The van der Waals surface area contributed by atoms with E-state index in [0.29, 0.717) is 53.3 Å². The van der Waals surface area contributed by atoms with Crippen LogP contribution in [0, 0.1) is 0 Å². The maximum Gasteiger partial charge on any atom is 0.286 e. The van der Waals surface area contributed by atoms with Crippen LogP contribution in [-0.2, 0) is 17.8 Å². The number of benzene rings is 1. The van der Waals surface area contributed by atoms with Crippen molar-refractivity contribution in [3.8, 4) is 5.75 Å². The number of fused-ring (bicyclic) bond motifs is 2. The number of hydrogen-bond acceptors (Lipinski definition) is 8. The summed E-state index contributed by atoms with van der Waals surface area (Å²) in [5.74, 6) is 2.04. The van der Waals surface area contributed by atoms with Gasteiger partial charge in [0.1, 0.15) is 17.3 Å². The van der Waals surface area contributed by atoms with Gasteiger partial charge in [-0.1, -0.05) is 31.4 Å². The highest BCUT2D eigenvalue weighted by molar-refractivity contribution is 9.10. The third-order valence-corrected chi connectivity index (χ3v) is 6.12. The number of anilines is 1. The van der Waals surface area contributed by atoms with Crippen molar-refractivity contribution < 1.29 is 9.94 Å². The number of phenolic OH excluding ortho intramolecular Hbond substituents is 1.